The van der Waals surface area contributed by atoms with Crippen LogP contribution in [0.2, 0.25) is 5.02 Å². The molecule has 6 heteroatoms. The molecule has 24 heavy (non-hydrogen) atoms. The van der Waals surface area contributed by atoms with Gasteiger partial charge in [0.1, 0.15) is 0 Å². The zero-order chi connectivity index (χ0) is 17.5. The summed E-state index contributed by atoms with van der Waals surface area (Å²) in [4.78, 5) is 16.7. The normalized spacial score (nSPS) is 14.5. The number of urea groups is 1. The molecule has 3 N–H and O–H groups in total. The van der Waals surface area contributed by atoms with E-state index >= 15 is 0 Å². The molecule has 0 aliphatic rings. The van der Waals surface area contributed by atoms with Crippen molar-refractivity contribution < 1.29 is 9.90 Å². The highest BCUT2D eigenvalue weighted by molar-refractivity contribution is 6.30. The van der Waals surface area contributed by atoms with Gasteiger partial charge in [0.2, 0.25) is 0 Å². The highest BCUT2D eigenvalue weighted by Gasteiger charge is 2.20. The van der Waals surface area contributed by atoms with Crippen LogP contribution in [0.15, 0.2) is 48.7 Å². The maximum atomic E-state index is 12.4. The Hall–Kier alpha value is -2.11. The standard InChI is InChI=1S/C18H22ClN3O2/c1-12(11-23)13(2)21-18(24)22-17(16-8-3-4-9-20-16)14-6-5-7-15(19)10-14/h3-10,12-13,17,23H,11H2,1-2H3,(H2,21,22,24). The van der Waals surface area contributed by atoms with E-state index in [-0.39, 0.29) is 24.6 Å². The molecule has 1 heterocycles. The van der Waals surface area contributed by atoms with Crippen molar-refractivity contribution in [1.82, 2.24) is 15.6 Å². The number of carbonyl (C=O) groups is 1. The predicted octanol–water partition coefficient (Wildman–Crippen LogP) is 3.14. The molecule has 0 fully saturated rings. The van der Waals surface area contributed by atoms with Crippen molar-refractivity contribution in [2.45, 2.75) is 25.9 Å². The monoisotopic (exact) mass is 347 g/mol. The second-order valence-corrected chi connectivity index (χ2v) is 6.25. The molecule has 2 rings (SSSR count). The minimum Gasteiger partial charge on any atom is -0.396 e. The van der Waals surface area contributed by atoms with Crippen molar-refractivity contribution in [3.8, 4) is 0 Å². The lowest BCUT2D eigenvalue weighted by Crippen LogP contribution is -2.45. The van der Waals surface area contributed by atoms with Crippen LogP contribution in [-0.2, 0) is 0 Å². The number of pyridine rings is 1. The molecule has 0 bridgehead atoms. The van der Waals surface area contributed by atoms with Crippen LogP contribution in [0.25, 0.3) is 0 Å². The number of aliphatic hydroxyl groups is 1. The molecule has 0 aliphatic carbocycles. The van der Waals surface area contributed by atoms with Gasteiger partial charge in [-0.2, -0.15) is 0 Å². The molecule has 1 aromatic heterocycles. The number of amides is 2. The highest BCUT2D eigenvalue weighted by atomic mass is 35.5. The number of nitrogens with zero attached hydrogens (tertiary/aromatic N) is 1. The molecule has 3 atom stereocenters. The number of nitrogens with one attached hydrogen (secondary N) is 2. The van der Waals surface area contributed by atoms with E-state index in [2.05, 4.69) is 15.6 Å². The maximum Gasteiger partial charge on any atom is 0.315 e. The molecule has 0 radical (unpaired) electrons. The first-order valence-electron chi connectivity index (χ1n) is 7.85. The molecule has 128 valence electrons. The van der Waals surface area contributed by atoms with Gasteiger partial charge in [-0.1, -0.05) is 36.7 Å². The zero-order valence-electron chi connectivity index (χ0n) is 13.7. The number of aromatic nitrogens is 1. The predicted molar refractivity (Wildman–Crippen MR) is 94.9 cm³/mol. The smallest absolute Gasteiger partial charge is 0.315 e. The molecule has 0 spiro atoms. The number of benzene rings is 1. The lowest BCUT2D eigenvalue weighted by atomic mass is 10.0. The molecule has 0 saturated carbocycles. The molecule has 5 nitrogen and oxygen atoms in total. The Labute approximate surface area is 147 Å². The molecule has 2 amide bonds. The van der Waals surface area contributed by atoms with E-state index in [1.165, 1.54) is 0 Å². The van der Waals surface area contributed by atoms with Crippen LogP contribution < -0.4 is 10.6 Å². The SMILES string of the molecule is CC(CO)C(C)NC(=O)NC(c1cccc(Cl)c1)c1ccccn1. The minimum atomic E-state index is -0.415. The summed E-state index contributed by atoms with van der Waals surface area (Å²) in [7, 11) is 0. The second kappa shape index (κ2) is 8.66. The Bertz CT molecular complexity index is 666. The zero-order valence-corrected chi connectivity index (χ0v) is 14.5. The fourth-order valence-corrected chi connectivity index (χ4v) is 2.44. The van der Waals surface area contributed by atoms with Crippen LogP contribution in [-0.4, -0.2) is 28.8 Å². The largest absolute Gasteiger partial charge is 0.396 e. The van der Waals surface area contributed by atoms with Crippen molar-refractivity contribution in [3.63, 3.8) is 0 Å². The number of hydrogen-bond donors (Lipinski definition) is 3. The van der Waals surface area contributed by atoms with Gasteiger partial charge in [0.15, 0.2) is 0 Å². The highest BCUT2D eigenvalue weighted by Crippen LogP contribution is 2.23. The van der Waals surface area contributed by atoms with Gasteiger partial charge >= 0.3 is 6.03 Å². The van der Waals surface area contributed by atoms with Crippen molar-refractivity contribution >= 4 is 17.6 Å². The van der Waals surface area contributed by atoms with Crippen LogP contribution in [0.1, 0.15) is 31.1 Å². The van der Waals surface area contributed by atoms with Gasteiger partial charge in [-0.3, -0.25) is 4.98 Å². The third-order valence-electron chi connectivity index (χ3n) is 3.94. The number of aliphatic hydroxyl groups excluding tert-OH is 1. The first kappa shape index (κ1) is 18.2. The molecule has 3 unspecified atom stereocenters. The Balaban J connectivity index is 2.20. The topological polar surface area (TPSA) is 74.2 Å². The van der Waals surface area contributed by atoms with Crippen LogP contribution in [0.3, 0.4) is 0 Å². The van der Waals surface area contributed by atoms with E-state index in [4.69, 9.17) is 11.6 Å². The van der Waals surface area contributed by atoms with E-state index in [1.807, 2.05) is 44.2 Å². The van der Waals surface area contributed by atoms with Gasteiger partial charge < -0.3 is 15.7 Å². The van der Waals surface area contributed by atoms with E-state index in [0.29, 0.717) is 5.02 Å². The average molecular weight is 348 g/mol. The van der Waals surface area contributed by atoms with E-state index in [0.717, 1.165) is 11.3 Å². The van der Waals surface area contributed by atoms with Gasteiger partial charge in [0.25, 0.3) is 0 Å². The van der Waals surface area contributed by atoms with E-state index < -0.39 is 6.04 Å². The fraction of sp³-hybridized carbons (Fsp3) is 0.333. The van der Waals surface area contributed by atoms with Crippen molar-refractivity contribution in [2.75, 3.05) is 6.61 Å². The summed E-state index contributed by atoms with van der Waals surface area (Å²) in [5, 5.41) is 15.6. The summed E-state index contributed by atoms with van der Waals surface area (Å²) in [6, 6.07) is 12.0. The average Bonchev–Trinajstić information content (AvgIpc) is 2.59. The number of carbonyl (C=O) groups excluding carboxylic acids is 1. The van der Waals surface area contributed by atoms with Crippen molar-refractivity contribution in [2.24, 2.45) is 5.92 Å². The fourth-order valence-electron chi connectivity index (χ4n) is 2.24. The Kier molecular flexibility index (Phi) is 6.58. The molecule has 0 aliphatic heterocycles. The second-order valence-electron chi connectivity index (χ2n) is 5.81. The summed E-state index contributed by atoms with van der Waals surface area (Å²) in [6.07, 6.45) is 1.68. The molecular formula is C18H22ClN3O2. The number of rotatable bonds is 6. The van der Waals surface area contributed by atoms with Crippen molar-refractivity contribution in [1.29, 1.82) is 0 Å². The maximum absolute atomic E-state index is 12.4. The van der Waals surface area contributed by atoms with Crippen LogP contribution in [0.4, 0.5) is 4.79 Å². The molecular weight excluding hydrogens is 326 g/mol. The molecule has 0 saturated heterocycles. The first-order valence-corrected chi connectivity index (χ1v) is 8.23. The van der Waals surface area contributed by atoms with E-state index in [9.17, 15) is 9.90 Å². The number of halogens is 1. The Morgan fingerprint density at radius 2 is 2.00 bits per heavy atom. The van der Waals surface area contributed by atoms with Gasteiger partial charge in [-0.15, -0.1) is 0 Å². The lowest BCUT2D eigenvalue weighted by Gasteiger charge is -2.23. The van der Waals surface area contributed by atoms with Gasteiger partial charge in [-0.25, -0.2) is 4.79 Å². The lowest BCUT2D eigenvalue weighted by molar-refractivity contribution is 0.199. The summed E-state index contributed by atoms with van der Waals surface area (Å²) in [6.45, 7) is 3.74. The van der Waals surface area contributed by atoms with Gasteiger partial charge in [-0.05, 0) is 42.7 Å². The third-order valence-corrected chi connectivity index (χ3v) is 4.18. The summed E-state index contributed by atoms with van der Waals surface area (Å²) in [5.74, 6) is -0.0322. The molecule has 1 aromatic carbocycles. The Morgan fingerprint density at radius 1 is 1.21 bits per heavy atom. The minimum absolute atomic E-state index is 0.0133. The summed E-state index contributed by atoms with van der Waals surface area (Å²) in [5.41, 5.74) is 1.57. The van der Waals surface area contributed by atoms with Crippen LogP contribution in [0.5, 0.6) is 0 Å². The van der Waals surface area contributed by atoms with Crippen LogP contribution >= 0.6 is 11.6 Å². The van der Waals surface area contributed by atoms with Crippen LogP contribution in [0, 0.1) is 5.92 Å². The van der Waals surface area contributed by atoms with Gasteiger partial charge in [0.05, 0.1) is 11.7 Å². The third kappa shape index (κ3) is 4.94. The Morgan fingerprint density at radius 3 is 2.62 bits per heavy atom. The summed E-state index contributed by atoms with van der Waals surface area (Å²) < 4.78 is 0. The number of hydrogen-bond acceptors (Lipinski definition) is 3. The van der Waals surface area contributed by atoms with Gasteiger partial charge in [0, 0.05) is 23.9 Å². The summed E-state index contributed by atoms with van der Waals surface area (Å²) >= 11 is 6.08. The first-order chi connectivity index (χ1) is 11.5. The van der Waals surface area contributed by atoms with E-state index in [1.54, 1.807) is 18.3 Å². The van der Waals surface area contributed by atoms with Crippen molar-refractivity contribution in [3.05, 3.63) is 64.9 Å². The quantitative estimate of drug-likeness (QED) is 0.751. The molecule has 2 aromatic rings.